The number of aromatic nitrogens is 2. The first kappa shape index (κ1) is 20.6. The monoisotopic (exact) mass is 403 g/mol. The first-order valence-electron chi connectivity index (χ1n) is 8.98. The van der Waals surface area contributed by atoms with Crippen LogP contribution in [0.1, 0.15) is 35.3 Å². The second kappa shape index (κ2) is 7.35. The van der Waals surface area contributed by atoms with Gasteiger partial charge in [0.25, 0.3) is 5.56 Å². The topological polar surface area (TPSA) is 64.0 Å². The maximum absolute atomic E-state index is 13.4. The average Bonchev–Trinajstić information content (AvgIpc) is 2.63. The molecule has 1 heterocycles. The largest absolute Gasteiger partial charge is 0.438 e. The summed E-state index contributed by atoms with van der Waals surface area (Å²) in [5.41, 5.74) is 0.138. The summed E-state index contributed by atoms with van der Waals surface area (Å²) in [6.07, 6.45) is -4.93. The summed E-state index contributed by atoms with van der Waals surface area (Å²) in [5.74, 6) is -0.597. The van der Waals surface area contributed by atoms with E-state index >= 15 is 0 Å². The predicted molar refractivity (Wildman–Crippen MR) is 105 cm³/mol. The third-order valence-electron chi connectivity index (χ3n) is 4.94. The zero-order valence-electron chi connectivity index (χ0n) is 16.4. The van der Waals surface area contributed by atoms with Crippen LogP contribution in [0.15, 0.2) is 41.2 Å². The maximum atomic E-state index is 13.4. The minimum atomic E-state index is -4.93. The first-order chi connectivity index (χ1) is 13.5. The van der Waals surface area contributed by atoms with Gasteiger partial charge in [-0.1, -0.05) is 18.2 Å². The fourth-order valence-electron chi connectivity index (χ4n) is 3.10. The summed E-state index contributed by atoms with van der Waals surface area (Å²) in [6.45, 7) is 6.71. The minimum absolute atomic E-state index is 0.00978. The lowest BCUT2D eigenvalue weighted by atomic mass is 10.1. The normalized spacial score (nSPS) is 12.8. The van der Waals surface area contributed by atoms with Gasteiger partial charge >= 0.3 is 6.18 Å². The number of amides is 1. The lowest BCUT2D eigenvalue weighted by Crippen LogP contribution is -2.36. The van der Waals surface area contributed by atoms with E-state index in [9.17, 15) is 22.8 Å². The maximum Gasteiger partial charge on any atom is 0.438 e. The van der Waals surface area contributed by atoms with Gasteiger partial charge in [-0.2, -0.15) is 13.2 Å². The summed E-state index contributed by atoms with van der Waals surface area (Å²) in [5, 5.41) is 2.68. The van der Waals surface area contributed by atoms with E-state index in [4.69, 9.17) is 0 Å². The van der Waals surface area contributed by atoms with Gasteiger partial charge < -0.3 is 5.32 Å². The zero-order chi connectivity index (χ0) is 21.5. The molecule has 0 bridgehead atoms. The molecule has 0 aliphatic rings. The Hall–Kier alpha value is -3.16. The molecule has 3 rings (SSSR count). The smallest absolute Gasteiger partial charge is 0.324 e. The molecule has 1 unspecified atom stereocenters. The van der Waals surface area contributed by atoms with Crippen molar-refractivity contribution in [2.75, 3.05) is 5.32 Å². The number of nitrogens with one attached hydrogen (secondary N) is 1. The van der Waals surface area contributed by atoms with Gasteiger partial charge in [0.2, 0.25) is 11.6 Å². The van der Waals surface area contributed by atoms with E-state index in [-0.39, 0.29) is 11.0 Å². The van der Waals surface area contributed by atoms with Crippen LogP contribution in [0, 0.1) is 20.8 Å². The molecule has 0 aliphatic heterocycles. The van der Waals surface area contributed by atoms with E-state index < -0.39 is 29.4 Å². The van der Waals surface area contributed by atoms with Crippen molar-refractivity contribution in [3.63, 3.8) is 0 Å². The molecule has 5 nitrogen and oxygen atoms in total. The SMILES string of the molecule is Cc1cc2nc(C(F)(F)F)c(=O)n(C(C)C(=O)Nc3ccccc3C)c2cc1C. The van der Waals surface area contributed by atoms with Gasteiger partial charge in [0.05, 0.1) is 11.0 Å². The van der Waals surface area contributed by atoms with Gasteiger partial charge in [0, 0.05) is 5.69 Å². The van der Waals surface area contributed by atoms with E-state index in [1.807, 2.05) is 0 Å². The van der Waals surface area contributed by atoms with Crippen LogP contribution in [0.2, 0.25) is 0 Å². The highest BCUT2D eigenvalue weighted by atomic mass is 19.4. The molecular weight excluding hydrogens is 383 g/mol. The number of hydrogen-bond donors (Lipinski definition) is 1. The van der Waals surface area contributed by atoms with Gasteiger partial charge in [-0.25, -0.2) is 4.98 Å². The van der Waals surface area contributed by atoms with Gasteiger partial charge in [-0.15, -0.1) is 0 Å². The minimum Gasteiger partial charge on any atom is -0.324 e. The molecule has 1 N–H and O–H groups in total. The summed E-state index contributed by atoms with van der Waals surface area (Å²) in [4.78, 5) is 29.1. The number of carbonyl (C=O) groups excluding carboxylic acids is 1. The summed E-state index contributed by atoms with van der Waals surface area (Å²) < 4.78 is 41.1. The molecule has 0 fully saturated rings. The molecule has 8 heteroatoms. The van der Waals surface area contributed by atoms with Crippen LogP contribution in [-0.4, -0.2) is 15.5 Å². The lowest BCUT2D eigenvalue weighted by molar-refractivity contribution is -0.142. The van der Waals surface area contributed by atoms with E-state index in [0.29, 0.717) is 5.69 Å². The number of fused-ring (bicyclic) bond motifs is 1. The molecule has 0 saturated heterocycles. The molecule has 0 saturated carbocycles. The quantitative estimate of drug-likeness (QED) is 0.698. The van der Waals surface area contributed by atoms with Crippen LogP contribution < -0.4 is 10.9 Å². The van der Waals surface area contributed by atoms with Gasteiger partial charge in [0.15, 0.2) is 0 Å². The number of aryl methyl sites for hydroxylation is 3. The Kier molecular flexibility index (Phi) is 5.21. The van der Waals surface area contributed by atoms with Crippen molar-refractivity contribution >= 4 is 22.6 Å². The summed E-state index contributed by atoms with van der Waals surface area (Å²) >= 11 is 0. The van der Waals surface area contributed by atoms with Gasteiger partial charge in [-0.3, -0.25) is 14.2 Å². The number of alkyl halides is 3. The van der Waals surface area contributed by atoms with Crippen molar-refractivity contribution < 1.29 is 18.0 Å². The standard InChI is InChI=1S/C21H20F3N3O2/c1-11-7-5-6-8-15(11)26-19(28)14(4)27-17-10-13(3)12(2)9-16(17)25-18(20(27)29)21(22,23)24/h5-10,14H,1-4H3,(H,26,28). The van der Waals surface area contributed by atoms with Crippen molar-refractivity contribution in [2.45, 2.75) is 39.9 Å². The first-order valence-corrected chi connectivity index (χ1v) is 8.98. The number of hydrogen-bond acceptors (Lipinski definition) is 3. The Labute approximate surface area is 165 Å². The summed E-state index contributed by atoms with van der Waals surface area (Å²) in [6, 6.07) is 8.89. The Bertz CT molecular complexity index is 1170. The van der Waals surface area contributed by atoms with Crippen LogP contribution in [0.4, 0.5) is 18.9 Å². The van der Waals surface area contributed by atoms with Crippen LogP contribution in [0.3, 0.4) is 0 Å². The van der Waals surface area contributed by atoms with Crippen LogP contribution in [-0.2, 0) is 11.0 Å². The van der Waals surface area contributed by atoms with Crippen LogP contribution in [0.5, 0.6) is 0 Å². The zero-order valence-corrected chi connectivity index (χ0v) is 16.4. The number of nitrogens with zero attached hydrogens (tertiary/aromatic N) is 2. The third kappa shape index (κ3) is 3.87. The Morgan fingerprint density at radius 1 is 1.07 bits per heavy atom. The van der Waals surface area contributed by atoms with Crippen molar-refractivity contribution in [3.8, 4) is 0 Å². The molecular formula is C21H20F3N3O2. The van der Waals surface area contributed by atoms with Crippen LogP contribution in [0.25, 0.3) is 11.0 Å². The predicted octanol–water partition coefficient (Wildman–Crippen LogP) is 4.54. The molecule has 3 aromatic rings. The van der Waals surface area contributed by atoms with Crippen molar-refractivity contribution in [1.29, 1.82) is 0 Å². The second-order valence-electron chi connectivity index (χ2n) is 7.04. The molecule has 1 amide bonds. The summed E-state index contributed by atoms with van der Waals surface area (Å²) in [7, 11) is 0. The molecule has 0 radical (unpaired) electrons. The fraction of sp³-hybridized carbons (Fsp3) is 0.286. The van der Waals surface area contributed by atoms with E-state index in [2.05, 4.69) is 10.3 Å². The number of para-hydroxylation sites is 1. The molecule has 0 spiro atoms. The van der Waals surface area contributed by atoms with Gasteiger partial charge in [0.1, 0.15) is 6.04 Å². The van der Waals surface area contributed by atoms with Gasteiger partial charge in [-0.05, 0) is 62.6 Å². The fourth-order valence-corrected chi connectivity index (χ4v) is 3.10. The second-order valence-corrected chi connectivity index (χ2v) is 7.04. The van der Waals surface area contributed by atoms with Crippen molar-refractivity contribution in [3.05, 3.63) is 69.1 Å². The Balaban J connectivity index is 2.19. The molecule has 1 aromatic heterocycles. The lowest BCUT2D eigenvalue weighted by Gasteiger charge is -2.20. The molecule has 1 atom stereocenters. The average molecular weight is 403 g/mol. The number of anilines is 1. The molecule has 0 aliphatic carbocycles. The Morgan fingerprint density at radius 3 is 2.31 bits per heavy atom. The van der Waals surface area contributed by atoms with Crippen molar-refractivity contribution in [2.24, 2.45) is 0 Å². The number of rotatable bonds is 3. The van der Waals surface area contributed by atoms with E-state index in [1.54, 1.807) is 51.1 Å². The molecule has 2 aromatic carbocycles. The molecule has 29 heavy (non-hydrogen) atoms. The Morgan fingerprint density at radius 2 is 1.69 bits per heavy atom. The highest BCUT2D eigenvalue weighted by molar-refractivity contribution is 5.95. The number of benzene rings is 2. The number of halogens is 3. The number of carbonyl (C=O) groups is 1. The van der Waals surface area contributed by atoms with Crippen LogP contribution >= 0.6 is 0 Å². The van der Waals surface area contributed by atoms with Crippen molar-refractivity contribution in [1.82, 2.24) is 9.55 Å². The third-order valence-corrected chi connectivity index (χ3v) is 4.94. The highest BCUT2D eigenvalue weighted by Crippen LogP contribution is 2.28. The highest BCUT2D eigenvalue weighted by Gasteiger charge is 2.38. The molecule has 152 valence electrons. The van der Waals surface area contributed by atoms with E-state index in [1.165, 1.54) is 13.0 Å². The van der Waals surface area contributed by atoms with E-state index in [0.717, 1.165) is 21.3 Å².